The van der Waals surface area contributed by atoms with Gasteiger partial charge < -0.3 is 15.2 Å². The molecule has 0 radical (unpaired) electrons. The molecule has 2 aliphatic heterocycles. The van der Waals surface area contributed by atoms with Crippen LogP contribution in [0.5, 0.6) is 0 Å². The molecule has 0 aromatic carbocycles. The lowest BCUT2D eigenvalue weighted by Gasteiger charge is -2.38. The van der Waals surface area contributed by atoms with Gasteiger partial charge in [0.2, 0.25) is 5.91 Å². The van der Waals surface area contributed by atoms with Crippen LogP contribution in [0.1, 0.15) is 36.7 Å². The van der Waals surface area contributed by atoms with Gasteiger partial charge >= 0.3 is 0 Å². The number of aromatic nitrogens is 3. The highest BCUT2D eigenvalue weighted by Crippen LogP contribution is 2.19. The highest BCUT2D eigenvalue weighted by atomic mass is 16.2. The van der Waals surface area contributed by atoms with E-state index in [9.17, 15) is 9.59 Å². The van der Waals surface area contributed by atoms with Crippen molar-refractivity contribution in [1.29, 1.82) is 0 Å². The van der Waals surface area contributed by atoms with E-state index in [0.29, 0.717) is 24.4 Å². The molecule has 2 fully saturated rings. The molecule has 4 heterocycles. The number of amides is 2. The number of hydrogen-bond donors (Lipinski definition) is 2. The number of likely N-dealkylation sites (tertiary alicyclic amines) is 2. The van der Waals surface area contributed by atoms with E-state index in [2.05, 4.69) is 25.2 Å². The number of fused-ring (bicyclic) bond motifs is 1. The molecule has 0 aliphatic carbocycles. The Hall–Kier alpha value is -2.48. The zero-order valence-corrected chi connectivity index (χ0v) is 14.9. The zero-order chi connectivity index (χ0) is 18.1. The lowest BCUT2D eigenvalue weighted by atomic mass is 10.0. The molecule has 2 saturated heterocycles. The molecule has 2 aromatic rings. The molecule has 0 bridgehead atoms. The van der Waals surface area contributed by atoms with Crippen LogP contribution in [-0.2, 0) is 4.79 Å². The summed E-state index contributed by atoms with van der Waals surface area (Å²) in [5.74, 6) is -0.0502. The average molecular weight is 356 g/mol. The first-order valence-corrected chi connectivity index (χ1v) is 9.25. The van der Waals surface area contributed by atoms with Gasteiger partial charge in [0.15, 0.2) is 0 Å². The van der Waals surface area contributed by atoms with Gasteiger partial charge in [-0.1, -0.05) is 0 Å². The van der Waals surface area contributed by atoms with Crippen LogP contribution in [0.15, 0.2) is 18.6 Å². The van der Waals surface area contributed by atoms with Crippen LogP contribution in [0, 0.1) is 0 Å². The lowest BCUT2D eigenvalue weighted by Crippen LogP contribution is -2.56. The molecule has 1 unspecified atom stereocenters. The lowest BCUT2D eigenvalue weighted by molar-refractivity contribution is -0.128. The molecule has 2 atom stereocenters. The van der Waals surface area contributed by atoms with Crippen molar-refractivity contribution in [2.45, 2.75) is 38.3 Å². The molecule has 0 saturated carbocycles. The van der Waals surface area contributed by atoms with Gasteiger partial charge in [-0.3, -0.25) is 14.5 Å². The minimum absolute atomic E-state index is 0.00696. The number of carbonyl (C=O) groups excluding carboxylic acids is 2. The number of aromatic amines is 1. The minimum atomic E-state index is -0.105. The molecule has 2 amide bonds. The van der Waals surface area contributed by atoms with Gasteiger partial charge in [-0.25, -0.2) is 9.97 Å². The van der Waals surface area contributed by atoms with E-state index in [0.717, 1.165) is 37.7 Å². The fourth-order valence-electron chi connectivity index (χ4n) is 3.69. The third-order valence-corrected chi connectivity index (χ3v) is 5.43. The Kier molecular flexibility index (Phi) is 4.58. The number of H-pyrrole nitrogens is 1. The molecule has 2 aliphatic rings. The molecule has 2 N–H and O–H groups in total. The third kappa shape index (κ3) is 3.16. The average Bonchev–Trinajstić information content (AvgIpc) is 3.08. The Bertz CT molecular complexity index is 815. The van der Waals surface area contributed by atoms with Crippen molar-refractivity contribution in [3.05, 3.63) is 24.3 Å². The summed E-state index contributed by atoms with van der Waals surface area (Å²) >= 11 is 0. The maximum Gasteiger partial charge on any atom is 0.273 e. The van der Waals surface area contributed by atoms with Gasteiger partial charge in [-0.15, -0.1) is 0 Å². The Morgan fingerprint density at radius 3 is 2.88 bits per heavy atom. The summed E-state index contributed by atoms with van der Waals surface area (Å²) in [6.45, 7) is 5.13. The van der Waals surface area contributed by atoms with Crippen molar-refractivity contribution in [3.63, 3.8) is 0 Å². The van der Waals surface area contributed by atoms with Crippen LogP contribution in [-0.4, -0.2) is 74.8 Å². The predicted octanol–water partition coefficient (Wildman–Crippen LogP) is 0.773. The minimum Gasteiger partial charge on any atom is -0.350 e. The van der Waals surface area contributed by atoms with Crippen LogP contribution in [0.3, 0.4) is 0 Å². The van der Waals surface area contributed by atoms with Crippen molar-refractivity contribution in [2.24, 2.45) is 0 Å². The van der Waals surface area contributed by atoms with Crippen molar-refractivity contribution >= 4 is 22.8 Å². The molecule has 8 nitrogen and oxygen atoms in total. The van der Waals surface area contributed by atoms with Gasteiger partial charge in [0.25, 0.3) is 5.91 Å². The largest absolute Gasteiger partial charge is 0.350 e. The molecule has 4 rings (SSSR count). The number of piperidine rings is 1. The Labute approximate surface area is 152 Å². The molecule has 2 aromatic heterocycles. The van der Waals surface area contributed by atoms with E-state index < -0.39 is 0 Å². The standard InChI is InChI=1S/C18H24N6O2/c1-12(23-8-3-9-23)17(25)22-13-4-2-7-24(10-13)18(26)15-14-5-6-19-16(14)21-11-20-15/h5-6,11-13H,2-4,7-10H2,1H3,(H,22,25)(H,19,20,21)/t12?,13-/m1/s1. The van der Waals surface area contributed by atoms with Gasteiger partial charge in [0, 0.05) is 38.4 Å². The second kappa shape index (κ2) is 7.03. The summed E-state index contributed by atoms with van der Waals surface area (Å²) in [4.78, 5) is 40.7. The first-order valence-electron chi connectivity index (χ1n) is 9.25. The van der Waals surface area contributed by atoms with Crippen molar-refractivity contribution in [1.82, 2.24) is 30.1 Å². The fourth-order valence-corrected chi connectivity index (χ4v) is 3.69. The Morgan fingerprint density at radius 1 is 1.27 bits per heavy atom. The number of hydrogen-bond acceptors (Lipinski definition) is 5. The monoisotopic (exact) mass is 356 g/mol. The molecule has 8 heteroatoms. The van der Waals surface area contributed by atoms with Crippen LogP contribution in [0.25, 0.3) is 11.0 Å². The molecule has 138 valence electrons. The fraction of sp³-hybridized carbons (Fsp3) is 0.556. The van der Waals surface area contributed by atoms with Gasteiger partial charge in [-0.2, -0.15) is 0 Å². The van der Waals surface area contributed by atoms with E-state index >= 15 is 0 Å². The Morgan fingerprint density at radius 2 is 2.12 bits per heavy atom. The van der Waals surface area contributed by atoms with E-state index in [4.69, 9.17) is 0 Å². The topological polar surface area (TPSA) is 94.2 Å². The van der Waals surface area contributed by atoms with E-state index in [-0.39, 0.29) is 23.9 Å². The van der Waals surface area contributed by atoms with Crippen LogP contribution < -0.4 is 5.32 Å². The van der Waals surface area contributed by atoms with Crippen LogP contribution in [0.2, 0.25) is 0 Å². The smallest absolute Gasteiger partial charge is 0.273 e. The van der Waals surface area contributed by atoms with Gasteiger partial charge in [0.05, 0.1) is 11.4 Å². The maximum absolute atomic E-state index is 12.9. The SMILES string of the molecule is CC(C(=O)N[C@@H]1CCCN(C(=O)c2ncnc3[nH]ccc23)C1)N1CCC1. The van der Waals surface area contributed by atoms with Crippen LogP contribution >= 0.6 is 0 Å². The van der Waals surface area contributed by atoms with E-state index in [1.807, 2.05) is 13.0 Å². The first-order chi connectivity index (χ1) is 12.6. The highest BCUT2D eigenvalue weighted by Gasteiger charge is 2.30. The van der Waals surface area contributed by atoms with E-state index in [1.165, 1.54) is 6.33 Å². The van der Waals surface area contributed by atoms with Crippen molar-refractivity contribution in [3.8, 4) is 0 Å². The maximum atomic E-state index is 12.9. The van der Waals surface area contributed by atoms with Gasteiger partial charge in [0.1, 0.15) is 17.7 Å². The summed E-state index contributed by atoms with van der Waals surface area (Å²) in [7, 11) is 0. The van der Waals surface area contributed by atoms with Crippen molar-refractivity contribution in [2.75, 3.05) is 26.2 Å². The quantitative estimate of drug-likeness (QED) is 0.844. The molecular formula is C18H24N6O2. The highest BCUT2D eigenvalue weighted by molar-refractivity contribution is 6.03. The van der Waals surface area contributed by atoms with E-state index in [1.54, 1.807) is 11.1 Å². The number of nitrogens with one attached hydrogen (secondary N) is 2. The van der Waals surface area contributed by atoms with Gasteiger partial charge in [-0.05, 0) is 32.3 Å². The first kappa shape index (κ1) is 17.0. The third-order valence-electron chi connectivity index (χ3n) is 5.43. The normalized spacial score (nSPS) is 22.0. The molecule has 0 spiro atoms. The summed E-state index contributed by atoms with van der Waals surface area (Å²) in [5.41, 5.74) is 1.07. The summed E-state index contributed by atoms with van der Waals surface area (Å²) in [5, 5.41) is 3.85. The summed E-state index contributed by atoms with van der Waals surface area (Å²) < 4.78 is 0. The number of carbonyl (C=O) groups is 2. The second-order valence-electron chi connectivity index (χ2n) is 7.13. The molecular weight excluding hydrogens is 332 g/mol. The number of rotatable bonds is 4. The zero-order valence-electron chi connectivity index (χ0n) is 14.9. The van der Waals surface area contributed by atoms with Crippen LogP contribution in [0.4, 0.5) is 0 Å². The molecule has 26 heavy (non-hydrogen) atoms. The second-order valence-corrected chi connectivity index (χ2v) is 7.13. The number of nitrogens with zero attached hydrogens (tertiary/aromatic N) is 4. The Balaban J connectivity index is 1.42. The summed E-state index contributed by atoms with van der Waals surface area (Å²) in [6.07, 6.45) is 6.09. The summed E-state index contributed by atoms with van der Waals surface area (Å²) in [6, 6.07) is 1.71. The van der Waals surface area contributed by atoms with Crippen molar-refractivity contribution < 1.29 is 9.59 Å². The predicted molar refractivity (Wildman–Crippen MR) is 96.6 cm³/mol.